The van der Waals surface area contributed by atoms with Crippen LogP contribution in [0.4, 0.5) is 11.8 Å². The number of hydrogen-bond acceptors (Lipinski definition) is 7. The molecular weight excluding hydrogens is 236 g/mol. The van der Waals surface area contributed by atoms with Gasteiger partial charge < -0.3 is 15.0 Å². The van der Waals surface area contributed by atoms with Crippen LogP contribution in [0.15, 0.2) is 12.3 Å². The van der Waals surface area contributed by atoms with E-state index in [0.717, 1.165) is 0 Å². The zero-order valence-electron chi connectivity index (χ0n) is 10.1. The van der Waals surface area contributed by atoms with Crippen molar-refractivity contribution in [3.63, 3.8) is 0 Å². The fourth-order valence-electron chi connectivity index (χ4n) is 1.84. The molecule has 1 aliphatic rings. The van der Waals surface area contributed by atoms with Crippen LogP contribution < -0.4 is 21.5 Å². The largest absolute Gasteiger partial charge is 0.377 e. The second kappa shape index (κ2) is 5.61. The van der Waals surface area contributed by atoms with Crippen molar-refractivity contribution in [2.24, 2.45) is 5.84 Å². The lowest BCUT2D eigenvalue weighted by Crippen LogP contribution is -2.53. The molecule has 2 heterocycles. The number of anilines is 2. The van der Waals surface area contributed by atoms with Crippen LogP contribution in [0, 0.1) is 0 Å². The summed E-state index contributed by atoms with van der Waals surface area (Å²) in [5, 5.41) is 2.62. The van der Waals surface area contributed by atoms with Crippen molar-refractivity contribution >= 4 is 17.7 Å². The first-order valence-corrected chi connectivity index (χ1v) is 5.62. The van der Waals surface area contributed by atoms with Crippen molar-refractivity contribution in [2.45, 2.75) is 6.04 Å². The molecule has 1 aliphatic heterocycles. The standard InChI is InChI=1S/C10H16N6O2/c1-12-9(17)7-6-18-5-4-16(7)8-2-3-13-10(14-8)15-11/h2-3,7H,4-6,11H2,1H3,(H,12,17)(H,13,14,15). The number of nitrogen functional groups attached to an aromatic ring is 1. The second-order valence-electron chi connectivity index (χ2n) is 3.78. The summed E-state index contributed by atoms with van der Waals surface area (Å²) in [6.07, 6.45) is 1.59. The molecule has 0 bridgehead atoms. The third-order valence-corrected chi connectivity index (χ3v) is 2.74. The zero-order valence-corrected chi connectivity index (χ0v) is 10.1. The molecule has 1 unspecified atom stereocenters. The van der Waals surface area contributed by atoms with Gasteiger partial charge in [-0.2, -0.15) is 4.98 Å². The normalized spacial score (nSPS) is 19.4. The molecule has 1 aromatic rings. The zero-order chi connectivity index (χ0) is 13.0. The molecule has 1 aromatic heterocycles. The molecule has 0 saturated carbocycles. The minimum absolute atomic E-state index is 0.101. The summed E-state index contributed by atoms with van der Waals surface area (Å²) >= 11 is 0. The van der Waals surface area contributed by atoms with Gasteiger partial charge in [-0.25, -0.2) is 10.8 Å². The van der Waals surface area contributed by atoms with Gasteiger partial charge >= 0.3 is 0 Å². The Morgan fingerprint density at radius 3 is 3.22 bits per heavy atom. The number of aromatic nitrogens is 2. The number of likely N-dealkylation sites (N-methyl/N-ethyl adjacent to an activating group) is 1. The van der Waals surface area contributed by atoms with Gasteiger partial charge in [0.2, 0.25) is 11.9 Å². The SMILES string of the molecule is CNC(=O)C1COCCN1c1ccnc(NN)n1. The molecule has 18 heavy (non-hydrogen) atoms. The molecule has 0 aromatic carbocycles. The Morgan fingerprint density at radius 1 is 1.67 bits per heavy atom. The topological polar surface area (TPSA) is 105 Å². The minimum Gasteiger partial charge on any atom is -0.377 e. The predicted octanol–water partition coefficient (Wildman–Crippen LogP) is -1.29. The van der Waals surface area contributed by atoms with Crippen LogP contribution in [0.5, 0.6) is 0 Å². The molecule has 0 aliphatic carbocycles. The molecule has 0 radical (unpaired) electrons. The Morgan fingerprint density at radius 2 is 2.50 bits per heavy atom. The van der Waals surface area contributed by atoms with Crippen molar-refractivity contribution in [1.29, 1.82) is 0 Å². The molecule has 1 saturated heterocycles. The summed E-state index contributed by atoms with van der Waals surface area (Å²) in [6, 6.07) is 1.35. The van der Waals surface area contributed by atoms with Crippen molar-refractivity contribution in [1.82, 2.24) is 15.3 Å². The minimum atomic E-state index is -0.385. The maximum atomic E-state index is 11.8. The summed E-state index contributed by atoms with van der Waals surface area (Å²) in [5.74, 6) is 6.13. The molecule has 0 spiro atoms. The number of rotatable bonds is 3. The fourth-order valence-corrected chi connectivity index (χ4v) is 1.84. The first-order chi connectivity index (χ1) is 8.76. The van der Waals surface area contributed by atoms with Crippen molar-refractivity contribution in [3.8, 4) is 0 Å². The van der Waals surface area contributed by atoms with Crippen LogP contribution in [-0.4, -0.2) is 48.7 Å². The van der Waals surface area contributed by atoms with E-state index >= 15 is 0 Å². The number of nitrogens with two attached hydrogens (primary N) is 1. The van der Waals surface area contributed by atoms with E-state index in [2.05, 4.69) is 20.7 Å². The third kappa shape index (κ3) is 2.49. The molecule has 8 nitrogen and oxygen atoms in total. The third-order valence-electron chi connectivity index (χ3n) is 2.74. The maximum absolute atomic E-state index is 11.8. The van der Waals surface area contributed by atoms with Crippen molar-refractivity contribution in [3.05, 3.63) is 12.3 Å². The van der Waals surface area contributed by atoms with Crippen LogP contribution in [-0.2, 0) is 9.53 Å². The lowest BCUT2D eigenvalue weighted by Gasteiger charge is -2.35. The van der Waals surface area contributed by atoms with Gasteiger partial charge in [-0.15, -0.1) is 0 Å². The lowest BCUT2D eigenvalue weighted by molar-refractivity contribution is -0.124. The summed E-state index contributed by atoms with van der Waals surface area (Å²) < 4.78 is 5.33. The molecule has 8 heteroatoms. The average Bonchev–Trinajstić information content (AvgIpc) is 2.46. The van der Waals surface area contributed by atoms with E-state index < -0.39 is 0 Å². The Kier molecular flexibility index (Phi) is 3.90. The van der Waals surface area contributed by atoms with E-state index in [1.54, 1.807) is 19.3 Å². The Bertz CT molecular complexity index is 427. The van der Waals surface area contributed by atoms with Crippen LogP contribution in [0.1, 0.15) is 0 Å². The molecule has 1 fully saturated rings. The molecule has 2 rings (SSSR count). The monoisotopic (exact) mass is 252 g/mol. The lowest BCUT2D eigenvalue weighted by atomic mass is 10.2. The van der Waals surface area contributed by atoms with Crippen LogP contribution in [0.3, 0.4) is 0 Å². The van der Waals surface area contributed by atoms with Gasteiger partial charge in [0, 0.05) is 19.8 Å². The highest BCUT2D eigenvalue weighted by Crippen LogP contribution is 2.18. The quantitative estimate of drug-likeness (QED) is 0.454. The van der Waals surface area contributed by atoms with E-state index in [-0.39, 0.29) is 11.9 Å². The van der Waals surface area contributed by atoms with E-state index in [0.29, 0.717) is 31.5 Å². The number of hydrogen-bond donors (Lipinski definition) is 3. The van der Waals surface area contributed by atoms with E-state index in [1.165, 1.54) is 0 Å². The number of nitrogens with one attached hydrogen (secondary N) is 2. The fraction of sp³-hybridized carbons (Fsp3) is 0.500. The van der Waals surface area contributed by atoms with Gasteiger partial charge in [-0.1, -0.05) is 0 Å². The highest BCUT2D eigenvalue weighted by Gasteiger charge is 2.29. The summed E-state index contributed by atoms with van der Waals surface area (Å²) in [5.41, 5.74) is 2.38. The number of hydrazine groups is 1. The number of morpholine rings is 1. The number of amides is 1. The average molecular weight is 252 g/mol. The van der Waals surface area contributed by atoms with Gasteiger partial charge in [0.25, 0.3) is 0 Å². The first kappa shape index (κ1) is 12.5. The highest BCUT2D eigenvalue weighted by molar-refractivity contribution is 5.85. The second-order valence-corrected chi connectivity index (χ2v) is 3.78. The van der Waals surface area contributed by atoms with Crippen LogP contribution >= 0.6 is 0 Å². The summed E-state index contributed by atoms with van der Waals surface area (Å²) in [6.45, 7) is 1.50. The highest BCUT2D eigenvalue weighted by atomic mass is 16.5. The molecule has 1 atom stereocenters. The molecular formula is C10H16N6O2. The summed E-state index contributed by atoms with van der Waals surface area (Å²) in [4.78, 5) is 21.8. The number of carbonyl (C=O) groups is 1. The van der Waals surface area contributed by atoms with Gasteiger partial charge in [-0.3, -0.25) is 10.2 Å². The van der Waals surface area contributed by atoms with Crippen molar-refractivity contribution < 1.29 is 9.53 Å². The summed E-state index contributed by atoms with van der Waals surface area (Å²) in [7, 11) is 1.60. The molecule has 4 N–H and O–H groups in total. The van der Waals surface area contributed by atoms with Gasteiger partial charge in [0.05, 0.1) is 13.2 Å². The Labute approximate surface area is 104 Å². The van der Waals surface area contributed by atoms with E-state index in [9.17, 15) is 4.79 Å². The number of ether oxygens (including phenoxy) is 1. The molecule has 98 valence electrons. The van der Waals surface area contributed by atoms with E-state index in [4.69, 9.17) is 10.6 Å². The maximum Gasteiger partial charge on any atom is 0.244 e. The predicted molar refractivity (Wildman–Crippen MR) is 65.9 cm³/mol. The molecule has 1 amide bonds. The van der Waals surface area contributed by atoms with Crippen LogP contribution in [0.2, 0.25) is 0 Å². The number of carbonyl (C=O) groups excluding carboxylic acids is 1. The van der Waals surface area contributed by atoms with E-state index in [1.807, 2.05) is 4.90 Å². The van der Waals surface area contributed by atoms with Gasteiger partial charge in [0.15, 0.2) is 0 Å². The number of nitrogens with zero attached hydrogens (tertiary/aromatic N) is 3. The van der Waals surface area contributed by atoms with Crippen molar-refractivity contribution in [2.75, 3.05) is 37.1 Å². The Balaban J connectivity index is 2.24. The first-order valence-electron chi connectivity index (χ1n) is 5.62. The van der Waals surface area contributed by atoms with Crippen LogP contribution in [0.25, 0.3) is 0 Å². The smallest absolute Gasteiger partial charge is 0.244 e. The van der Waals surface area contributed by atoms with Gasteiger partial charge in [0.1, 0.15) is 11.9 Å². The Hall–Kier alpha value is -1.93. The van der Waals surface area contributed by atoms with Gasteiger partial charge in [-0.05, 0) is 6.07 Å².